The molecule has 6 heteroatoms. The van der Waals surface area contributed by atoms with Gasteiger partial charge in [0.2, 0.25) is 0 Å². The minimum absolute atomic E-state index is 0.0578. The Morgan fingerprint density at radius 1 is 1.18 bits per heavy atom. The third kappa shape index (κ3) is 5.01. The van der Waals surface area contributed by atoms with E-state index in [0.717, 1.165) is 50.3 Å². The van der Waals surface area contributed by atoms with Crippen LogP contribution in [-0.2, 0) is 11.3 Å². The van der Waals surface area contributed by atoms with Gasteiger partial charge in [-0.2, -0.15) is 0 Å². The second kappa shape index (κ2) is 8.61. The van der Waals surface area contributed by atoms with Crippen molar-refractivity contribution in [3.05, 3.63) is 59.9 Å². The molecule has 0 aromatic heterocycles. The van der Waals surface area contributed by atoms with E-state index in [2.05, 4.69) is 5.32 Å². The number of hydrogen-bond donors (Lipinski definition) is 1. The Hall–Kier alpha value is -2.60. The van der Waals surface area contributed by atoms with Crippen LogP contribution in [0.3, 0.4) is 0 Å². The zero-order chi connectivity index (χ0) is 19.3. The molecule has 2 amide bonds. The van der Waals surface area contributed by atoms with Crippen LogP contribution in [0.4, 0.5) is 14.9 Å². The number of ether oxygens (including phenoxy) is 2. The second-order valence-electron chi connectivity index (χ2n) is 7.49. The van der Waals surface area contributed by atoms with Gasteiger partial charge in [-0.25, -0.2) is 9.18 Å². The first-order valence-electron chi connectivity index (χ1n) is 9.80. The summed E-state index contributed by atoms with van der Waals surface area (Å²) < 4.78 is 24.3. The number of hydrogen-bond acceptors (Lipinski definition) is 3. The van der Waals surface area contributed by atoms with Gasteiger partial charge in [0.1, 0.15) is 18.2 Å². The number of carbonyl (C=O) groups excluding carboxylic acids is 1. The maximum Gasteiger partial charge on any atom is 0.322 e. The molecule has 0 bridgehead atoms. The highest BCUT2D eigenvalue weighted by Crippen LogP contribution is 2.29. The lowest BCUT2D eigenvalue weighted by molar-refractivity contribution is 0.167. The van der Waals surface area contributed by atoms with E-state index in [0.29, 0.717) is 24.3 Å². The van der Waals surface area contributed by atoms with Crippen molar-refractivity contribution in [3.8, 4) is 5.75 Å². The van der Waals surface area contributed by atoms with Crippen LogP contribution in [0.2, 0.25) is 0 Å². The van der Waals surface area contributed by atoms with Crippen LogP contribution >= 0.6 is 0 Å². The van der Waals surface area contributed by atoms with Gasteiger partial charge in [0.05, 0.1) is 6.61 Å². The van der Waals surface area contributed by atoms with Crippen LogP contribution in [0.1, 0.15) is 24.8 Å². The molecular weight excluding hydrogens is 359 g/mol. The molecular formula is C22H25FN2O3. The Balaban J connectivity index is 1.35. The summed E-state index contributed by atoms with van der Waals surface area (Å²) in [6, 6.07) is 13.9. The van der Waals surface area contributed by atoms with Crippen molar-refractivity contribution in [2.24, 2.45) is 5.92 Å². The molecule has 0 spiro atoms. The van der Waals surface area contributed by atoms with Crippen molar-refractivity contribution in [3.63, 3.8) is 0 Å². The average Bonchev–Trinajstić information content (AvgIpc) is 3.40. The zero-order valence-electron chi connectivity index (χ0n) is 15.8. The molecule has 1 aliphatic heterocycles. The highest BCUT2D eigenvalue weighted by Gasteiger charge is 2.34. The molecule has 2 aliphatic rings. The van der Waals surface area contributed by atoms with Crippen LogP contribution in [0, 0.1) is 11.7 Å². The topological polar surface area (TPSA) is 50.8 Å². The van der Waals surface area contributed by atoms with E-state index in [4.69, 9.17) is 9.47 Å². The predicted octanol–water partition coefficient (Wildman–Crippen LogP) is 4.44. The van der Waals surface area contributed by atoms with Gasteiger partial charge in [-0.05, 0) is 49.1 Å². The van der Waals surface area contributed by atoms with E-state index < -0.39 is 0 Å². The minimum atomic E-state index is -0.327. The molecule has 1 aliphatic carbocycles. The highest BCUT2D eigenvalue weighted by atomic mass is 19.1. The Morgan fingerprint density at radius 3 is 2.79 bits per heavy atom. The summed E-state index contributed by atoms with van der Waals surface area (Å²) in [5.41, 5.74) is 1.64. The smallest absolute Gasteiger partial charge is 0.322 e. The van der Waals surface area contributed by atoms with Gasteiger partial charge in [-0.1, -0.05) is 18.2 Å². The van der Waals surface area contributed by atoms with E-state index in [1.807, 2.05) is 29.2 Å². The largest absolute Gasteiger partial charge is 0.489 e. The Bertz CT molecular complexity index is 819. The van der Waals surface area contributed by atoms with Crippen LogP contribution in [0.5, 0.6) is 5.75 Å². The molecule has 0 unspecified atom stereocenters. The lowest BCUT2D eigenvalue weighted by atomic mass is 10.1. The Morgan fingerprint density at radius 2 is 2.04 bits per heavy atom. The quantitative estimate of drug-likeness (QED) is 0.768. The van der Waals surface area contributed by atoms with Crippen LogP contribution in [0.15, 0.2) is 48.5 Å². The summed E-state index contributed by atoms with van der Waals surface area (Å²) in [6.07, 6.45) is 3.16. The average molecular weight is 384 g/mol. The van der Waals surface area contributed by atoms with Crippen molar-refractivity contribution >= 4 is 11.7 Å². The lowest BCUT2D eigenvalue weighted by Gasteiger charge is -2.25. The van der Waals surface area contributed by atoms with Crippen LogP contribution < -0.4 is 10.1 Å². The molecule has 1 atom stereocenters. The number of rotatable bonds is 7. The van der Waals surface area contributed by atoms with E-state index in [9.17, 15) is 9.18 Å². The third-order valence-electron chi connectivity index (χ3n) is 5.11. The lowest BCUT2D eigenvalue weighted by Crippen LogP contribution is -2.40. The van der Waals surface area contributed by atoms with E-state index in [-0.39, 0.29) is 11.8 Å². The zero-order valence-corrected chi connectivity index (χ0v) is 15.8. The summed E-state index contributed by atoms with van der Waals surface area (Å²) in [5, 5.41) is 3.02. The summed E-state index contributed by atoms with van der Waals surface area (Å²) in [4.78, 5) is 14.8. The molecule has 1 saturated heterocycles. The van der Waals surface area contributed by atoms with Crippen LogP contribution in [0.25, 0.3) is 0 Å². The fraction of sp³-hybridized carbons (Fsp3) is 0.409. The Labute approximate surface area is 164 Å². The molecule has 0 radical (unpaired) electrons. The summed E-state index contributed by atoms with van der Waals surface area (Å²) >= 11 is 0. The first-order chi connectivity index (χ1) is 13.7. The van der Waals surface area contributed by atoms with Gasteiger partial charge in [0.25, 0.3) is 0 Å². The minimum Gasteiger partial charge on any atom is -0.489 e. The molecule has 1 heterocycles. The van der Waals surface area contributed by atoms with E-state index >= 15 is 0 Å². The van der Waals surface area contributed by atoms with Gasteiger partial charge in [0, 0.05) is 36.9 Å². The maximum atomic E-state index is 13.3. The Kier molecular flexibility index (Phi) is 5.76. The number of halogens is 1. The van der Waals surface area contributed by atoms with Gasteiger partial charge in [0.15, 0.2) is 0 Å². The molecule has 4 rings (SSSR count). The molecule has 148 valence electrons. The van der Waals surface area contributed by atoms with Crippen molar-refractivity contribution in [1.82, 2.24) is 4.90 Å². The number of nitrogens with zero attached hydrogens (tertiary/aromatic N) is 1. The molecule has 2 aromatic rings. The number of urea groups is 1. The van der Waals surface area contributed by atoms with Gasteiger partial charge in [-0.3, -0.25) is 0 Å². The molecule has 28 heavy (non-hydrogen) atoms. The van der Waals surface area contributed by atoms with Gasteiger partial charge < -0.3 is 19.7 Å². The number of anilines is 1. The number of carbonyl (C=O) groups is 1. The van der Waals surface area contributed by atoms with E-state index in [1.54, 1.807) is 12.1 Å². The van der Waals surface area contributed by atoms with Crippen molar-refractivity contribution in [1.29, 1.82) is 0 Å². The second-order valence-corrected chi connectivity index (χ2v) is 7.49. The molecule has 5 nitrogen and oxygen atoms in total. The van der Waals surface area contributed by atoms with E-state index in [1.165, 1.54) is 12.1 Å². The number of amides is 2. The predicted molar refractivity (Wildman–Crippen MR) is 105 cm³/mol. The van der Waals surface area contributed by atoms with Crippen LogP contribution in [-0.4, -0.2) is 36.7 Å². The van der Waals surface area contributed by atoms with Gasteiger partial charge in [-0.15, -0.1) is 0 Å². The maximum absolute atomic E-state index is 13.3. The fourth-order valence-corrected chi connectivity index (χ4v) is 3.45. The molecule has 1 saturated carbocycles. The van der Waals surface area contributed by atoms with Crippen molar-refractivity contribution < 1.29 is 18.7 Å². The fourth-order valence-electron chi connectivity index (χ4n) is 3.45. The SMILES string of the molecule is O=C(Nc1cccc(COc2cccc(F)c2)c1)N(C[C@@H]1CCOC1)C1CC1. The summed E-state index contributed by atoms with van der Waals surface area (Å²) in [6.45, 7) is 2.58. The highest BCUT2D eigenvalue weighted by molar-refractivity contribution is 5.89. The summed E-state index contributed by atoms with van der Waals surface area (Å²) in [7, 11) is 0. The third-order valence-corrected chi connectivity index (χ3v) is 5.11. The molecule has 1 N–H and O–H groups in total. The first kappa shape index (κ1) is 18.7. The number of benzene rings is 2. The molecule has 2 aromatic carbocycles. The summed E-state index contributed by atoms with van der Waals surface area (Å²) in [5.74, 6) is 0.580. The van der Waals surface area contributed by atoms with Crippen molar-refractivity contribution in [2.45, 2.75) is 31.9 Å². The normalized spacial score (nSPS) is 18.7. The standard InChI is InChI=1S/C22H25FN2O3/c23-18-4-2-6-21(12-18)28-15-16-3-1-5-19(11-16)24-22(26)25(20-7-8-20)13-17-9-10-27-14-17/h1-6,11-12,17,20H,7-10,13-15H2,(H,24,26)/t17-/m0/s1. The number of nitrogens with one attached hydrogen (secondary N) is 1. The van der Waals surface area contributed by atoms with Gasteiger partial charge >= 0.3 is 6.03 Å². The molecule has 2 fully saturated rings. The monoisotopic (exact) mass is 384 g/mol. The van der Waals surface area contributed by atoms with Crippen molar-refractivity contribution in [2.75, 3.05) is 25.1 Å². The first-order valence-corrected chi connectivity index (χ1v) is 9.80.